The molecule has 1 fully saturated rings. The number of carbonyl (C=O) groups is 1. The molecule has 3 N–H and O–H groups in total. The summed E-state index contributed by atoms with van der Waals surface area (Å²) in [6.45, 7) is 8.23. The van der Waals surface area contributed by atoms with Crippen LogP contribution in [0.15, 0.2) is 34.9 Å². The highest BCUT2D eigenvalue weighted by Crippen LogP contribution is 2.25. The number of hydrogen-bond donors (Lipinski definition) is 3. The average molecular weight is 390 g/mol. The molecule has 1 saturated heterocycles. The number of hydrogen-bond acceptors (Lipinski definition) is 5. The van der Waals surface area contributed by atoms with Crippen LogP contribution in [0.5, 0.6) is 11.5 Å². The average Bonchev–Trinajstić information content (AvgIpc) is 3.11. The molecular formula is C20H30N4O4+2. The number of quaternary nitrogens is 2. The van der Waals surface area contributed by atoms with Crippen molar-refractivity contribution in [3.05, 3.63) is 41.8 Å². The first kappa shape index (κ1) is 20.2. The number of rotatable bonds is 9. The first-order valence-electron chi connectivity index (χ1n) is 9.76. The first-order valence-corrected chi connectivity index (χ1v) is 9.76. The van der Waals surface area contributed by atoms with Gasteiger partial charge in [-0.15, -0.1) is 0 Å². The fourth-order valence-corrected chi connectivity index (χ4v) is 3.45. The van der Waals surface area contributed by atoms with Crippen LogP contribution in [-0.4, -0.2) is 64.0 Å². The van der Waals surface area contributed by atoms with Gasteiger partial charge in [0.1, 0.15) is 50.8 Å². The highest BCUT2D eigenvalue weighted by Gasteiger charge is 2.25. The maximum Gasteiger partial charge on any atom is 0.275 e. The maximum atomic E-state index is 12.2. The molecule has 0 atom stereocenters. The van der Waals surface area contributed by atoms with Gasteiger partial charge >= 0.3 is 0 Å². The van der Waals surface area contributed by atoms with Gasteiger partial charge < -0.3 is 29.1 Å². The molecular weight excluding hydrogens is 360 g/mol. The van der Waals surface area contributed by atoms with Crippen LogP contribution in [0.25, 0.3) is 0 Å². The molecule has 0 aliphatic carbocycles. The zero-order chi connectivity index (χ0) is 19.8. The van der Waals surface area contributed by atoms with Gasteiger partial charge in [0.15, 0.2) is 18.0 Å². The minimum atomic E-state index is 0.0641. The number of nitrogens with one attached hydrogen (secondary N) is 3. The molecule has 3 rings (SSSR count). The van der Waals surface area contributed by atoms with E-state index in [0.717, 1.165) is 44.2 Å². The Labute approximate surface area is 165 Å². The topological polar surface area (TPSA) is 82.5 Å². The van der Waals surface area contributed by atoms with Crippen molar-refractivity contribution in [3.8, 4) is 11.5 Å². The lowest BCUT2D eigenvalue weighted by molar-refractivity contribution is -1.02. The third-order valence-electron chi connectivity index (χ3n) is 4.93. The number of amides is 1. The van der Waals surface area contributed by atoms with Crippen molar-refractivity contribution in [2.24, 2.45) is 0 Å². The molecule has 1 aromatic carbocycles. The fourth-order valence-electron chi connectivity index (χ4n) is 3.45. The Morgan fingerprint density at radius 2 is 1.89 bits per heavy atom. The molecule has 1 amide bonds. The molecule has 1 aromatic heterocycles. The second-order valence-electron chi connectivity index (χ2n) is 7.13. The molecule has 28 heavy (non-hydrogen) atoms. The van der Waals surface area contributed by atoms with Crippen molar-refractivity contribution in [3.63, 3.8) is 0 Å². The molecule has 152 valence electrons. The number of aromatic nitrogens is 1. The van der Waals surface area contributed by atoms with Crippen molar-refractivity contribution >= 4 is 5.91 Å². The monoisotopic (exact) mass is 390 g/mol. The normalized spacial score (nSPS) is 19.2. The van der Waals surface area contributed by atoms with E-state index in [4.69, 9.17) is 14.0 Å². The number of nitrogens with zero attached hydrogens (tertiary/aromatic N) is 1. The van der Waals surface area contributed by atoms with Crippen LogP contribution in [0.2, 0.25) is 0 Å². The number of methoxy groups -OCH3 is 1. The summed E-state index contributed by atoms with van der Waals surface area (Å²) in [5, 5.41) is 7.00. The predicted molar refractivity (Wildman–Crippen MR) is 103 cm³/mol. The van der Waals surface area contributed by atoms with Crippen LogP contribution in [0, 0.1) is 6.92 Å². The van der Waals surface area contributed by atoms with Gasteiger partial charge in [0.05, 0.1) is 13.7 Å². The number of carbonyl (C=O) groups excluding carboxylic acids is 1. The van der Waals surface area contributed by atoms with Crippen LogP contribution in [0.3, 0.4) is 0 Å². The summed E-state index contributed by atoms with van der Waals surface area (Å²) in [6.07, 6.45) is 0. The number of benzene rings is 1. The third-order valence-corrected chi connectivity index (χ3v) is 4.93. The summed E-state index contributed by atoms with van der Waals surface area (Å²) < 4.78 is 16.1. The molecule has 8 heteroatoms. The quantitative estimate of drug-likeness (QED) is 0.453. The van der Waals surface area contributed by atoms with Crippen LogP contribution < -0.4 is 24.6 Å². The third kappa shape index (κ3) is 5.97. The lowest BCUT2D eigenvalue weighted by Gasteiger charge is -2.28. The molecule has 0 radical (unpaired) electrons. The van der Waals surface area contributed by atoms with E-state index in [9.17, 15) is 4.79 Å². The van der Waals surface area contributed by atoms with Crippen LogP contribution in [0.4, 0.5) is 0 Å². The van der Waals surface area contributed by atoms with E-state index >= 15 is 0 Å². The SMILES string of the molecule is COc1ccccc1OCCNC(=O)C[NH+]1CC[NH+](Cc2cc(C)on2)CC1. The standard InChI is InChI=1S/C20H28N4O4/c1-16-13-17(22-28-16)14-23-8-10-24(11-9-23)15-20(25)21-7-12-27-19-6-4-3-5-18(19)26-2/h3-6,13H,7-12,14-15H2,1-2H3,(H,21,25)/p+2. The predicted octanol–water partition coefficient (Wildman–Crippen LogP) is -1.53. The highest BCUT2D eigenvalue weighted by molar-refractivity contribution is 5.76. The number of aryl methyl sites for hydroxylation is 1. The minimum absolute atomic E-state index is 0.0641. The molecule has 1 aliphatic rings. The van der Waals surface area contributed by atoms with E-state index in [2.05, 4.69) is 10.5 Å². The van der Waals surface area contributed by atoms with Crippen molar-refractivity contribution < 1.29 is 28.6 Å². The molecule has 1 aliphatic heterocycles. The number of para-hydroxylation sites is 2. The Hall–Kier alpha value is -2.58. The molecule has 2 heterocycles. The van der Waals surface area contributed by atoms with E-state index in [0.29, 0.717) is 31.2 Å². The van der Waals surface area contributed by atoms with Gasteiger partial charge in [-0.1, -0.05) is 17.3 Å². The van der Waals surface area contributed by atoms with Crippen LogP contribution in [0.1, 0.15) is 11.5 Å². The van der Waals surface area contributed by atoms with Crippen LogP contribution in [-0.2, 0) is 11.3 Å². The smallest absolute Gasteiger partial charge is 0.275 e. The van der Waals surface area contributed by atoms with E-state index < -0.39 is 0 Å². The fraction of sp³-hybridized carbons (Fsp3) is 0.500. The van der Waals surface area contributed by atoms with Gasteiger partial charge in [0.25, 0.3) is 5.91 Å². The second kappa shape index (κ2) is 10.1. The van der Waals surface area contributed by atoms with Crippen molar-refractivity contribution in [1.29, 1.82) is 0 Å². The van der Waals surface area contributed by atoms with Crippen molar-refractivity contribution in [1.82, 2.24) is 10.5 Å². The summed E-state index contributed by atoms with van der Waals surface area (Å²) in [7, 11) is 1.61. The number of ether oxygens (including phenoxy) is 2. The molecule has 8 nitrogen and oxygen atoms in total. The van der Waals surface area contributed by atoms with Crippen molar-refractivity contribution in [2.75, 3.05) is 53.0 Å². The van der Waals surface area contributed by atoms with E-state index in [1.54, 1.807) is 7.11 Å². The van der Waals surface area contributed by atoms with Gasteiger partial charge in [-0.2, -0.15) is 0 Å². The summed E-state index contributed by atoms with van der Waals surface area (Å²) >= 11 is 0. The van der Waals surface area contributed by atoms with E-state index in [1.807, 2.05) is 37.3 Å². The summed E-state index contributed by atoms with van der Waals surface area (Å²) in [5.74, 6) is 2.30. The molecule has 0 saturated carbocycles. The number of piperazine rings is 1. The van der Waals surface area contributed by atoms with Gasteiger partial charge in [-0.25, -0.2) is 0 Å². The minimum Gasteiger partial charge on any atom is -0.493 e. The lowest BCUT2D eigenvalue weighted by atomic mass is 10.2. The lowest BCUT2D eigenvalue weighted by Crippen LogP contribution is -3.28. The zero-order valence-electron chi connectivity index (χ0n) is 16.6. The van der Waals surface area contributed by atoms with Gasteiger partial charge in [-0.3, -0.25) is 4.79 Å². The largest absolute Gasteiger partial charge is 0.493 e. The second-order valence-corrected chi connectivity index (χ2v) is 7.13. The Bertz CT molecular complexity index is 756. The highest BCUT2D eigenvalue weighted by atomic mass is 16.5. The van der Waals surface area contributed by atoms with Crippen molar-refractivity contribution in [2.45, 2.75) is 13.5 Å². The van der Waals surface area contributed by atoms with Gasteiger partial charge in [0, 0.05) is 6.07 Å². The Morgan fingerprint density at radius 3 is 2.57 bits per heavy atom. The molecule has 2 aromatic rings. The summed E-state index contributed by atoms with van der Waals surface area (Å²) in [5.41, 5.74) is 1.00. The van der Waals surface area contributed by atoms with Gasteiger partial charge in [-0.05, 0) is 19.1 Å². The summed E-state index contributed by atoms with van der Waals surface area (Å²) in [4.78, 5) is 15.0. The van der Waals surface area contributed by atoms with Crippen LogP contribution >= 0.6 is 0 Å². The maximum absolute atomic E-state index is 12.2. The zero-order valence-corrected chi connectivity index (χ0v) is 16.6. The molecule has 0 spiro atoms. The molecule has 0 unspecified atom stereocenters. The summed E-state index contributed by atoms with van der Waals surface area (Å²) in [6, 6.07) is 9.48. The van der Waals surface area contributed by atoms with E-state index in [1.165, 1.54) is 9.80 Å². The Kier molecular flexibility index (Phi) is 7.27. The van der Waals surface area contributed by atoms with E-state index in [-0.39, 0.29) is 5.91 Å². The molecule has 0 bridgehead atoms. The Balaban J connectivity index is 1.30. The van der Waals surface area contributed by atoms with Gasteiger partial charge in [0.2, 0.25) is 0 Å². The Morgan fingerprint density at radius 1 is 1.18 bits per heavy atom. The first-order chi connectivity index (χ1) is 13.6.